The number of pyridine rings is 1. The van der Waals surface area contributed by atoms with E-state index in [9.17, 15) is 4.79 Å². The third kappa shape index (κ3) is 4.29. The fourth-order valence-corrected chi connectivity index (χ4v) is 2.58. The van der Waals surface area contributed by atoms with Gasteiger partial charge in [0.25, 0.3) is 5.91 Å². The predicted octanol–water partition coefficient (Wildman–Crippen LogP) is 4.55. The number of hydrogen-bond donors (Lipinski definition) is 0. The summed E-state index contributed by atoms with van der Waals surface area (Å²) in [6.07, 6.45) is 2.47. The molecule has 0 fully saturated rings. The van der Waals surface area contributed by atoms with E-state index in [4.69, 9.17) is 11.6 Å². The van der Waals surface area contributed by atoms with E-state index in [1.165, 1.54) is 0 Å². The van der Waals surface area contributed by atoms with Crippen molar-refractivity contribution in [1.29, 1.82) is 0 Å². The van der Waals surface area contributed by atoms with Gasteiger partial charge < -0.3 is 4.90 Å². The van der Waals surface area contributed by atoms with E-state index < -0.39 is 0 Å². The molecule has 0 aliphatic heterocycles. The maximum atomic E-state index is 12.7. The maximum absolute atomic E-state index is 12.7. The fraction of sp³-hybridized carbons (Fsp3) is 0.250. The van der Waals surface area contributed by atoms with Gasteiger partial charge >= 0.3 is 0 Å². The zero-order valence-corrected chi connectivity index (χ0v) is 14.1. The molecule has 1 amide bonds. The van der Waals surface area contributed by atoms with Crippen LogP contribution in [0.5, 0.6) is 0 Å². The van der Waals surface area contributed by atoms with Crippen molar-refractivity contribution < 1.29 is 4.79 Å². The highest BCUT2D eigenvalue weighted by Crippen LogP contribution is 2.21. The number of hydrogen-bond acceptors (Lipinski definition) is 2. The maximum Gasteiger partial charge on any atom is 0.257 e. The van der Waals surface area contributed by atoms with Crippen LogP contribution in [0.4, 0.5) is 0 Å². The molecule has 0 aliphatic carbocycles. The van der Waals surface area contributed by atoms with Crippen LogP contribution in [0, 0.1) is 0 Å². The molecule has 0 unspecified atom stereocenters. The van der Waals surface area contributed by atoms with Crippen LogP contribution in [0.1, 0.15) is 29.3 Å². The molecule has 5 heteroatoms. The van der Waals surface area contributed by atoms with Crippen LogP contribution in [-0.4, -0.2) is 22.3 Å². The number of aromatic nitrogens is 1. The fourth-order valence-electron chi connectivity index (χ4n) is 2.07. The Labute approximate surface area is 138 Å². The lowest BCUT2D eigenvalue weighted by Gasteiger charge is -2.22. The van der Waals surface area contributed by atoms with Crippen molar-refractivity contribution in [2.45, 2.75) is 19.9 Å². The average molecular weight is 368 g/mol. The SMILES string of the molecule is CCCN(Cc1ccccc1)C(=O)c1cc(Br)cnc1Cl. The molecule has 1 aromatic carbocycles. The van der Waals surface area contributed by atoms with Crippen molar-refractivity contribution in [1.82, 2.24) is 9.88 Å². The monoisotopic (exact) mass is 366 g/mol. The minimum Gasteiger partial charge on any atom is -0.334 e. The summed E-state index contributed by atoms with van der Waals surface area (Å²) in [6.45, 7) is 3.29. The van der Waals surface area contributed by atoms with Crippen LogP contribution < -0.4 is 0 Å². The summed E-state index contributed by atoms with van der Waals surface area (Å²) in [6, 6.07) is 11.6. The third-order valence-electron chi connectivity index (χ3n) is 3.03. The first-order valence-electron chi connectivity index (χ1n) is 6.76. The minimum absolute atomic E-state index is 0.0977. The van der Waals surface area contributed by atoms with Gasteiger partial charge in [0.2, 0.25) is 0 Å². The lowest BCUT2D eigenvalue weighted by atomic mass is 10.2. The first-order chi connectivity index (χ1) is 10.1. The second kappa shape index (κ2) is 7.57. The van der Waals surface area contributed by atoms with E-state index in [0.29, 0.717) is 18.7 Å². The first-order valence-corrected chi connectivity index (χ1v) is 7.93. The van der Waals surface area contributed by atoms with Gasteiger partial charge in [-0.3, -0.25) is 4.79 Å². The molecule has 0 N–H and O–H groups in total. The van der Waals surface area contributed by atoms with Crippen molar-refractivity contribution >= 4 is 33.4 Å². The van der Waals surface area contributed by atoms with Crippen molar-refractivity contribution in [2.24, 2.45) is 0 Å². The first kappa shape index (κ1) is 16.0. The average Bonchev–Trinajstić information content (AvgIpc) is 2.49. The Bertz CT molecular complexity index is 619. The highest BCUT2D eigenvalue weighted by atomic mass is 79.9. The van der Waals surface area contributed by atoms with Gasteiger partial charge in [-0.2, -0.15) is 0 Å². The van der Waals surface area contributed by atoms with Gasteiger partial charge in [-0.1, -0.05) is 48.9 Å². The molecule has 21 heavy (non-hydrogen) atoms. The number of carbonyl (C=O) groups is 1. The van der Waals surface area contributed by atoms with Gasteiger partial charge in [-0.25, -0.2) is 4.98 Å². The van der Waals surface area contributed by atoms with Crippen LogP contribution in [0.2, 0.25) is 5.15 Å². The third-order valence-corrected chi connectivity index (χ3v) is 3.77. The van der Waals surface area contributed by atoms with Crippen LogP contribution in [0.15, 0.2) is 47.1 Å². The highest BCUT2D eigenvalue weighted by molar-refractivity contribution is 9.10. The molecular formula is C16H16BrClN2O. The molecule has 110 valence electrons. The molecule has 0 saturated carbocycles. The van der Waals surface area contributed by atoms with E-state index in [1.807, 2.05) is 37.3 Å². The minimum atomic E-state index is -0.0977. The summed E-state index contributed by atoms with van der Waals surface area (Å²) in [4.78, 5) is 18.5. The standard InChI is InChI=1S/C16H16BrClN2O/c1-2-8-20(11-12-6-4-3-5-7-12)16(21)14-9-13(17)10-19-15(14)18/h3-7,9-10H,2,8,11H2,1H3. The Hall–Kier alpha value is -1.39. The summed E-state index contributed by atoms with van der Waals surface area (Å²) in [5.74, 6) is -0.0977. The van der Waals surface area contributed by atoms with Gasteiger partial charge in [-0.05, 0) is 34.0 Å². The van der Waals surface area contributed by atoms with Crippen LogP contribution in [0.3, 0.4) is 0 Å². The number of amides is 1. The molecule has 0 spiro atoms. The smallest absolute Gasteiger partial charge is 0.257 e. The lowest BCUT2D eigenvalue weighted by Crippen LogP contribution is -2.31. The Morgan fingerprint density at radius 2 is 2.05 bits per heavy atom. The molecule has 0 radical (unpaired) electrons. The highest BCUT2D eigenvalue weighted by Gasteiger charge is 2.19. The van der Waals surface area contributed by atoms with E-state index in [-0.39, 0.29) is 11.1 Å². The van der Waals surface area contributed by atoms with Gasteiger partial charge in [0, 0.05) is 23.8 Å². The molecule has 2 rings (SSSR count). The number of carbonyl (C=O) groups excluding carboxylic acids is 1. The molecule has 1 aromatic heterocycles. The molecule has 0 atom stereocenters. The Morgan fingerprint density at radius 1 is 1.33 bits per heavy atom. The number of nitrogens with zero attached hydrogens (tertiary/aromatic N) is 2. The van der Waals surface area contributed by atoms with Gasteiger partial charge in [0.1, 0.15) is 5.15 Å². The second-order valence-electron chi connectivity index (χ2n) is 4.70. The quantitative estimate of drug-likeness (QED) is 0.726. The van der Waals surface area contributed by atoms with Crippen molar-refractivity contribution in [2.75, 3.05) is 6.54 Å². The summed E-state index contributed by atoms with van der Waals surface area (Å²) in [7, 11) is 0. The van der Waals surface area contributed by atoms with E-state index in [0.717, 1.165) is 16.5 Å². The van der Waals surface area contributed by atoms with E-state index in [1.54, 1.807) is 17.2 Å². The van der Waals surface area contributed by atoms with Gasteiger partial charge in [0.05, 0.1) is 5.56 Å². The van der Waals surface area contributed by atoms with E-state index >= 15 is 0 Å². The number of halogens is 2. The van der Waals surface area contributed by atoms with Gasteiger partial charge in [-0.15, -0.1) is 0 Å². The molecule has 0 aliphatic rings. The van der Waals surface area contributed by atoms with Crippen molar-refractivity contribution in [3.05, 3.63) is 63.3 Å². The van der Waals surface area contributed by atoms with Gasteiger partial charge in [0.15, 0.2) is 0 Å². The molecular weight excluding hydrogens is 352 g/mol. The van der Waals surface area contributed by atoms with Crippen molar-refractivity contribution in [3.63, 3.8) is 0 Å². The molecule has 3 nitrogen and oxygen atoms in total. The van der Waals surface area contributed by atoms with E-state index in [2.05, 4.69) is 20.9 Å². The largest absolute Gasteiger partial charge is 0.334 e. The topological polar surface area (TPSA) is 33.2 Å². The summed E-state index contributed by atoms with van der Waals surface area (Å²) in [5, 5.41) is 0.234. The summed E-state index contributed by atoms with van der Waals surface area (Å²) < 4.78 is 0.742. The van der Waals surface area contributed by atoms with Crippen LogP contribution >= 0.6 is 27.5 Å². The van der Waals surface area contributed by atoms with Crippen LogP contribution in [0.25, 0.3) is 0 Å². The molecule has 1 heterocycles. The predicted molar refractivity (Wildman–Crippen MR) is 88.4 cm³/mol. The summed E-state index contributed by atoms with van der Waals surface area (Å²) in [5.41, 5.74) is 1.52. The molecule has 0 saturated heterocycles. The Balaban J connectivity index is 2.25. The number of rotatable bonds is 5. The van der Waals surface area contributed by atoms with Crippen molar-refractivity contribution in [3.8, 4) is 0 Å². The Morgan fingerprint density at radius 3 is 2.71 bits per heavy atom. The normalized spacial score (nSPS) is 10.4. The zero-order chi connectivity index (χ0) is 15.2. The molecule has 2 aromatic rings. The zero-order valence-electron chi connectivity index (χ0n) is 11.7. The second-order valence-corrected chi connectivity index (χ2v) is 5.98. The number of benzene rings is 1. The Kier molecular flexibility index (Phi) is 5.76. The lowest BCUT2D eigenvalue weighted by molar-refractivity contribution is 0.0743. The molecule has 0 bridgehead atoms. The summed E-state index contributed by atoms with van der Waals surface area (Å²) >= 11 is 9.39. The van der Waals surface area contributed by atoms with Crippen LogP contribution in [-0.2, 0) is 6.54 Å².